The lowest BCUT2D eigenvalue weighted by Gasteiger charge is -2.23. The van der Waals surface area contributed by atoms with Crippen LogP contribution in [0.3, 0.4) is 0 Å². The summed E-state index contributed by atoms with van der Waals surface area (Å²) in [5.74, 6) is 0. The van der Waals surface area contributed by atoms with Crippen molar-refractivity contribution in [3.05, 3.63) is 31.6 Å². The van der Waals surface area contributed by atoms with Gasteiger partial charge < -0.3 is 4.74 Å². The van der Waals surface area contributed by atoms with Crippen LogP contribution >= 0.6 is 11.6 Å². The predicted molar refractivity (Wildman–Crippen MR) is 69.4 cm³/mol. The first-order valence-corrected chi connectivity index (χ1v) is 6.64. The van der Waals surface area contributed by atoms with Gasteiger partial charge in [0.2, 0.25) is 0 Å². The lowest BCUT2D eigenvalue weighted by atomic mass is 10.1. The van der Waals surface area contributed by atoms with Crippen molar-refractivity contribution in [3.8, 4) is 0 Å². The number of rotatable bonds is 3. The molecule has 0 atom stereocenters. The first kappa shape index (κ1) is 13.4. The quantitative estimate of drug-likeness (QED) is 0.848. The maximum Gasteiger partial charge on any atom is 0.329 e. The summed E-state index contributed by atoms with van der Waals surface area (Å²) in [6.07, 6.45) is 2.78. The van der Waals surface area contributed by atoms with E-state index in [1.807, 2.05) is 6.92 Å². The van der Waals surface area contributed by atoms with Gasteiger partial charge in [0.15, 0.2) is 0 Å². The Morgan fingerprint density at radius 3 is 2.67 bits per heavy atom. The Bertz CT molecular complexity index is 529. The molecule has 1 saturated heterocycles. The maximum atomic E-state index is 12.3. The second-order valence-corrected chi connectivity index (χ2v) is 4.87. The van der Waals surface area contributed by atoms with Crippen molar-refractivity contribution >= 4 is 11.6 Å². The minimum Gasteiger partial charge on any atom is -0.381 e. The number of hydrogen-bond acceptors (Lipinski definition) is 3. The largest absolute Gasteiger partial charge is 0.381 e. The third-order valence-electron chi connectivity index (χ3n) is 3.23. The highest BCUT2D eigenvalue weighted by atomic mass is 35.5. The molecule has 0 saturated carbocycles. The first-order valence-electron chi connectivity index (χ1n) is 6.26. The average Bonchev–Trinajstić information content (AvgIpc) is 2.35. The van der Waals surface area contributed by atoms with Crippen LogP contribution in [-0.4, -0.2) is 22.8 Å². The number of H-pyrrole nitrogens is 1. The number of ether oxygens (including phenoxy) is 1. The molecule has 1 aromatic heterocycles. The minimum absolute atomic E-state index is 0.0807. The van der Waals surface area contributed by atoms with Crippen LogP contribution in [0.4, 0.5) is 0 Å². The summed E-state index contributed by atoms with van der Waals surface area (Å²) in [5.41, 5.74) is -0.167. The van der Waals surface area contributed by atoms with E-state index in [-0.39, 0.29) is 16.8 Å². The van der Waals surface area contributed by atoms with Gasteiger partial charge in [-0.1, -0.05) is 24.9 Å². The van der Waals surface area contributed by atoms with Crippen molar-refractivity contribution in [2.45, 2.75) is 38.6 Å². The molecular formula is C12H17ClN2O3. The second kappa shape index (κ2) is 5.71. The van der Waals surface area contributed by atoms with Crippen LogP contribution in [0.15, 0.2) is 9.59 Å². The Kier molecular flexibility index (Phi) is 4.24. The van der Waals surface area contributed by atoms with Gasteiger partial charge in [-0.25, -0.2) is 4.79 Å². The van der Waals surface area contributed by atoms with Crippen molar-refractivity contribution in [2.75, 3.05) is 13.2 Å². The van der Waals surface area contributed by atoms with E-state index in [1.54, 1.807) is 0 Å². The number of aromatic nitrogens is 2. The summed E-state index contributed by atoms with van der Waals surface area (Å²) in [6.45, 7) is 3.14. The van der Waals surface area contributed by atoms with Gasteiger partial charge in [0, 0.05) is 19.3 Å². The lowest BCUT2D eigenvalue weighted by Crippen LogP contribution is -2.41. The molecule has 100 valence electrons. The molecule has 0 unspecified atom stereocenters. The van der Waals surface area contributed by atoms with Crippen molar-refractivity contribution in [1.82, 2.24) is 9.55 Å². The van der Waals surface area contributed by atoms with E-state index in [9.17, 15) is 9.59 Å². The van der Waals surface area contributed by atoms with E-state index in [2.05, 4.69) is 4.98 Å². The van der Waals surface area contributed by atoms with Gasteiger partial charge in [-0.05, 0) is 19.3 Å². The van der Waals surface area contributed by atoms with Gasteiger partial charge in [-0.2, -0.15) is 0 Å². The fourth-order valence-electron chi connectivity index (χ4n) is 2.30. The number of aromatic amines is 1. The second-order valence-electron chi connectivity index (χ2n) is 4.49. The fourth-order valence-corrected chi connectivity index (χ4v) is 2.56. The summed E-state index contributed by atoms with van der Waals surface area (Å²) >= 11 is 5.93. The molecule has 0 aliphatic carbocycles. The Morgan fingerprint density at radius 2 is 2.06 bits per heavy atom. The van der Waals surface area contributed by atoms with Crippen LogP contribution in [0, 0.1) is 0 Å². The third kappa shape index (κ3) is 2.52. The SMILES string of the molecule is CCCc1c(Cl)[nH]c(=O)n(C2CCOCC2)c1=O. The number of halogens is 1. The Morgan fingerprint density at radius 1 is 1.39 bits per heavy atom. The van der Waals surface area contributed by atoms with E-state index in [4.69, 9.17) is 16.3 Å². The molecular weight excluding hydrogens is 256 g/mol. The van der Waals surface area contributed by atoms with Crippen LogP contribution in [0.2, 0.25) is 5.15 Å². The van der Waals surface area contributed by atoms with Crippen molar-refractivity contribution in [1.29, 1.82) is 0 Å². The molecule has 1 aliphatic rings. The van der Waals surface area contributed by atoms with E-state index in [1.165, 1.54) is 4.57 Å². The standard InChI is InChI=1S/C12H17ClN2O3/c1-2-3-9-10(13)14-12(17)15(11(9)16)8-4-6-18-7-5-8/h8H,2-7H2,1H3,(H,14,17). The number of nitrogens with one attached hydrogen (secondary N) is 1. The Labute approximate surface area is 110 Å². The van der Waals surface area contributed by atoms with Gasteiger partial charge in [0.1, 0.15) is 5.15 Å². The highest BCUT2D eigenvalue weighted by molar-refractivity contribution is 6.30. The van der Waals surface area contributed by atoms with Crippen LogP contribution in [0.5, 0.6) is 0 Å². The van der Waals surface area contributed by atoms with E-state index in [0.717, 1.165) is 6.42 Å². The summed E-state index contributed by atoms with van der Waals surface area (Å²) in [6, 6.07) is -0.0807. The van der Waals surface area contributed by atoms with Gasteiger partial charge in [-0.15, -0.1) is 0 Å². The molecule has 0 radical (unpaired) electrons. The minimum atomic E-state index is -0.420. The Hall–Kier alpha value is -1.07. The predicted octanol–water partition coefficient (Wildman–Crippen LogP) is 1.49. The van der Waals surface area contributed by atoms with Gasteiger partial charge >= 0.3 is 5.69 Å². The molecule has 5 nitrogen and oxygen atoms in total. The molecule has 2 heterocycles. The van der Waals surface area contributed by atoms with Crippen molar-refractivity contribution in [3.63, 3.8) is 0 Å². The molecule has 0 amide bonds. The lowest BCUT2D eigenvalue weighted by molar-refractivity contribution is 0.0673. The summed E-state index contributed by atoms with van der Waals surface area (Å²) in [4.78, 5) is 26.8. The molecule has 1 aliphatic heterocycles. The number of hydrogen-bond donors (Lipinski definition) is 1. The zero-order valence-corrected chi connectivity index (χ0v) is 11.1. The van der Waals surface area contributed by atoms with Crippen molar-refractivity contribution in [2.24, 2.45) is 0 Å². The molecule has 1 N–H and O–H groups in total. The van der Waals surface area contributed by atoms with Gasteiger partial charge in [-0.3, -0.25) is 14.3 Å². The van der Waals surface area contributed by atoms with Crippen LogP contribution in [-0.2, 0) is 11.2 Å². The molecule has 0 bridgehead atoms. The van der Waals surface area contributed by atoms with Gasteiger partial charge in [0.25, 0.3) is 5.56 Å². The van der Waals surface area contributed by atoms with Gasteiger partial charge in [0.05, 0.1) is 5.56 Å². The Balaban J connectivity index is 2.49. The zero-order valence-electron chi connectivity index (χ0n) is 10.4. The summed E-state index contributed by atoms with van der Waals surface area (Å²) in [5, 5.41) is 0.176. The van der Waals surface area contributed by atoms with E-state index in [0.29, 0.717) is 38.0 Å². The molecule has 1 aromatic rings. The highest BCUT2D eigenvalue weighted by Crippen LogP contribution is 2.18. The first-order chi connectivity index (χ1) is 8.65. The molecule has 0 spiro atoms. The zero-order chi connectivity index (χ0) is 13.1. The average molecular weight is 273 g/mol. The summed E-state index contributed by atoms with van der Waals surface area (Å²) in [7, 11) is 0. The van der Waals surface area contributed by atoms with Crippen molar-refractivity contribution < 1.29 is 4.74 Å². The maximum absolute atomic E-state index is 12.3. The molecule has 6 heteroatoms. The molecule has 0 aromatic carbocycles. The summed E-state index contributed by atoms with van der Waals surface area (Å²) < 4.78 is 6.55. The fraction of sp³-hybridized carbons (Fsp3) is 0.667. The smallest absolute Gasteiger partial charge is 0.329 e. The topological polar surface area (TPSA) is 64.1 Å². The molecule has 1 fully saturated rings. The highest BCUT2D eigenvalue weighted by Gasteiger charge is 2.21. The molecule has 18 heavy (non-hydrogen) atoms. The normalized spacial score (nSPS) is 17.0. The third-order valence-corrected chi connectivity index (χ3v) is 3.56. The molecule has 2 rings (SSSR count). The number of nitrogens with zero attached hydrogens (tertiary/aromatic N) is 1. The van der Waals surface area contributed by atoms with Crippen LogP contribution in [0.25, 0.3) is 0 Å². The van der Waals surface area contributed by atoms with Crippen LogP contribution in [0.1, 0.15) is 37.8 Å². The monoisotopic (exact) mass is 272 g/mol. The van der Waals surface area contributed by atoms with Crippen LogP contribution < -0.4 is 11.2 Å². The van der Waals surface area contributed by atoms with E-state index < -0.39 is 5.69 Å². The van der Waals surface area contributed by atoms with E-state index >= 15 is 0 Å².